The van der Waals surface area contributed by atoms with Crippen LogP contribution in [0.5, 0.6) is 11.8 Å². The number of aromatic nitrogens is 2. The summed E-state index contributed by atoms with van der Waals surface area (Å²) in [7, 11) is 2.87. The van der Waals surface area contributed by atoms with Crippen molar-refractivity contribution in [1.82, 2.24) is 20.6 Å². The Morgan fingerprint density at radius 2 is 1.67 bits per heavy atom. The first kappa shape index (κ1) is 38.8. The van der Waals surface area contributed by atoms with Crippen molar-refractivity contribution >= 4 is 23.4 Å². The highest BCUT2D eigenvalue weighted by Gasteiger charge is 2.37. The van der Waals surface area contributed by atoms with Gasteiger partial charge in [0.15, 0.2) is 0 Å². The lowest BCUT2D eigenvalue weighted by Crippen LogP contribution is -2.23. The number of nitrogens with zero attached hydrogens (tertiary/aromatic N) is 2. The van der Waals surface area contributed by atoms with Crippen molar-refractivity contribution in [3.8, 4) is 34.1 Å². The third-order valence-corrected chi connectivity index (χ3v) is 9.70. The van der Waals surface area contributed by atoms with Gasteiger partial charge in [-0.1, -0.05) is 67.4 Å². The highest BCUT2D eigenvalue weighted by molar-refractivity contribution is 6.36. The molecule has 0 saturated heterocycles. The van der Waals surface area contributed by atoms with Crippen LogP contribution in [0.2, 0.25) is 5.02 Å². The van der Waals surface area contributed by atoms with Crippen LogP contribution >= 0.6 is 11.6 Å². The number of carboxylic acid groups (broad SMARTS) is 1. The van der Waals surface area contributed by atoms with Crippen LogP contribution in [0, 0.1) is 5.92 Å². The number of benzene rings is 2. The fourth-order valence-electron chi connectivity index (χ4n) is 6.61. The molecule has 0 unspecified atom stereocenters. The molecule has 0 bridgehead atoms. The Morgan fingerprint density at radius 3 is 2.37 bits per heavy atom. The van der Waals surface area contributed by atoms with Gasteiger partial charge in [0, 0.05) is 42.0 Å². The third kappa shape index (κ3) is 8.95. The minimum Gasteiger partial charge on any atom is -0.481 e. The number of hydrogen-bond donors (Lipinski definition) is 5. The molecule has 14 heteroatoms. The number of hydrogen-bond acceptors (Lipinski definition) is 9. The maximum absolute atomic E-state index is 14.3. The maximum atomic E-state index is 14.3. The summed E-state index contributed by atoms with van der Waals surface area (Å²) in [5.41, 5.74) is 4.78. The van der Waals surface area contributed by atoms with E-state index in [2.05, 4.69) is 27.9 Å². The summed E-state index contributed by atoms with van der Waals surface area (Å²) in [6.07, 6.45) is -1.92. The summed E-state index contributed by atoms with van der Waals surface area (Å²) >= 11 is 7.10. The number of rotatable bonds is 17. The Balaban J connectivity index is 1.41. The van der Waals surface area contributed by atoms with Crippen molar-refractivity contribution in [2.75, 3.05) is 39.2 Å². The standard InChI is InChI=1S/C38H43ClF3N5O5/c1-4-22(15-16-48)18-43-19-23-11-13-32(46-36(23)51-2)29-10-6-9-28(34(29)39)25-7-5-8-27-26(25)12-14-31(27)45-35-30(38(40,41)42)17-24(37(47-35)52-3)20-44-21-33(49)50/h5-11,13,17,22,31,43-44,48H,4,12,14-16,18-21H2,1-3H3,(H,45,47)(H,49,50)/t22-,31+/m1/s1. The van der Waals surface area contributed by atoms with Crippen molar-refractivity contribution < 1.29 is 37.7 Å². The summed E-state index contributed by atoms with van der Waals surface area (Å²) in [5, 5.41) is 27.8. The molecule has 2 heterocycles. The van der Waals surface area contributed by atoms with Crippen LogP contribution in [0.1, 0.15) is 60.0 Å². The molecule has 0 amide bonds. The number of carbonyl (C=O) groups is 1. The number of carboxylic acids is 1. The number of aliphatic hydroxyl groups is 1. The van der Waals surface area contributed by atoms with Crippen LogP contribution in [0.15, 0.2) is 54.6 Å². The van der Waals surface area contributed by atoms with E-state index in [1.807, 2.05) is 48.5 Å². The highest BCUT2D eigenvalue weighted by Crippen LogP contribution is 2.45. The summed E-state index contributed by atoms with van der Waals surface area (Å²) < 4.78 is 53.9. The Bertz CT molecular complexity index is 1880. The molecule has 5 rings (SSSR count). The SMILES string of the molecule is CC[C@H](CCO)CNCc1ccc(-c2cccc(-c3cccc4c3CC[C@@H]4Nc3nc(OC)c(CNCC(=O)O)cc3C(F)(F)F)c2Cl)nc1OC. The van der Waals surface area contributed by atoms with Crippen molar-refractivity contribution in [3.63, 3.8) is 0 Å². The van der Waals surface area contributed by atoms with E-state index in [0.717, 1.165) is 53.3 Å². The number of fused-ring (bicyclic) bond motifs is 1. The van der Waals surface area contributed by atoms with Gasteiger partial charge in [-0.3, -0.25) is 4.79 Å². The molecular formula is C38H43ClF3N5O5. The fourth-order valence-corrected chi connectivity index (χ4v) is 6.93. The number of pyridine rings is 2. The fraction of sp³-hybridized carbons (Fsp3) is 0.395. The summed E-state index contributed by atoms with van der Waals surface area (Å²) in [4.78, 5) is 19.9. The van der Waals surface area contributed by atoms with Gasteiger partial charge in [-0.05, 0) is 60.5 Å². The molecule has 2 aromatic carbocycles. The van der Waals surface area contributed by atoms with Gasteiger partial charge in [-0.2, -0.15) is 18.2 Å². The minimum absolute atomic E-state index is 0.0401. The second-order valence-corrected chi connectivity index (χ2v) is 13.0. The molecule has 2 atom stereocenters. The van der Waals surface area contributed by atoms with E-state index < -0.39 is 30.3 Å². The predicted octanol–water partition coefficient (Wildman–Crippen LogP) is 7.27. The van der Waals surface area contributed by atoms with E-state index in [1.165, 1.54) is 7.11 Å². The monoisotopic (exact) mass is 741 g/mol. The summed E-state index contributed by atoms with van der Waals surface area (Å²) in [6, 6.07) is 15.7. The second kappa shape index (κ2) is 17.4. The normalized spacial score (nSPS) is 14.6. The average Bonchev–Trinajstić information content (AvgIpc) is 3.54. The van der Waals surface area contributed by atoms with E-state index in [0.29, 0.717) is 47.5 Å². The Hall–Kier alpha value is -4.43. The number of ether oxygens (including phenoxy) is 2. The van der Waals surface area contributed by atoms with Gasteiger partial charge in [0.25, 0.3) is 0 Å². The topological polar surface area (TPSA) is 138 Å². The Labute approximate surface area is 305 Å². The lowest BCUT2D eigenvalue weighted by molar-refractivity contribution is -0.137. The van der Waals surface area contributed by atoms with Crippen LogP contribution < -0.4 is 25.4 Å². The van der Waals surface area contributed by atoms with Crippen LogP contribution in [-0.4, -0.2) is 60.1 Å². The highest BCUT2D eigenvalue weighted by atomic mass is 35.5. The average molecular weight is 742 g/mol. The molecule has 0 radical (unpaired) electrons. The molecule has 278 valence electrons. The zero-order valence-corrected chi connectivity index (χ0v) is 30.0. The number of aliphatic hydroxyl groups excluding tert-OH is 1. The van der Waals surface area contributed by atoms with E-state index in [9.17, 15) is 23.1 Å². The molecule has 1 aliphatic rings. The van der Waals surface area contributed by atoms with Crippen LogP contribution in [0.3, 0.4) is 0 Å². The van der Waals surface area contributed by atoms with Gasteiger partial charge in [0.1, 0.15) is 5.82 Å². The van der Waals surface area contributed by atoms with Crippen molar-refractivity contribution in [2.45, 2.75) is 57.9 Å². The quantitative estimate of drug-likeness (QED) is 0.0752. The summed E-state index contributed by atoms with van der Waals surface area (Å²) in [6.45, 7) is 2.98. The smallest absolute Gasteiger partial charge is 0.419 e. The molecule has 1 aliphatic carbocycles. The number of aliphatic carboxylic acids is 1. The van der Waals surface area contributed by atoms with Crippen LogP contribution in [0.25, 0.3) is 22.4 Å². The number of methoxy groups -OCH3 is 2. The van der Waals surface area contributed by atoms with E-state index in [-0.39, 0.29) is 30.4 Å². The molecule has 0 saturated carbocycles. The van der Waals surface area contributed by atoms with Gasteiger partial charge < -0.3 is 35.6 Å². The van der Waals surface area contributed by atoms with Crippen molar-refractivity contribution in [1.29, 1.82) is 0 Å². The molecule has 52 heavy (non-hydrogen) atoms. The number of alkyl halides is 3. The van der Waals surface area contributed by atoms with Gasteiger partial charge in [-0.15, -0.1) is 0 Å². The molecule has 2 aromatic heterocycles. The predicted molar refractivity (Wildman–Crippen MR) is 194 cm³/mol. The zero-order valence-electron chi connectivity index (χ0n) is 29.2. The van der Waals surface area contributed by atoms with Crippen LogP contribution in [-0.2, 0) is 30.5 Å². The molecular weight excluding hydrogens is 699 g/mol. The Morgan fingerprint density at radius 1 is 0.981 bits per heavy atom. The van der Waals surface area contributed by atoms with Gasteiger partial charge >= 0.3 is 12.1 Å². The largest absolute Gasteiger partial charge is 0.481 e. The number of nitrogens with one attached hydrogen (secondary N) is 3. The number of halogens is 4. The minimum atomic E-state index is -4.73. The second-order valence-electron chi connectivity index (χ2n) is 12.6. The Kier molecular flexibility index (Phi) is 13.0. The molecule has 0 aliphatic heterocycles. The first-order chi connectivity index (χ1) is 25.0. The molecule has 10 nitrogen and oxygen atoms in total. The third-order valence-electron chi connectivity index (χ3n) is 9.29. The van der Waals surface area contributed by atoms with E-state index >= 15 is 0 Å². The first-order valence-corrected chi connectivity index (χ1v) is 17.5. The molecule has 5 N–H and O–H groups in total. The lowest BCUT2D eigenvalue weighted by atomic mass is 9.94. The maximum Gasteiger partial charge on any atom is 0.419 e. The van der Waals surface area contributed by atoms with Gasteiger partial charge in [0.05, 0.1) is 43.1 Å². The summed E-state index contributed by atoms with van der Waals surface area (Å²) in [5.74, 6) is -0.699. The molecule has 0 spiro atoms. The van der Waals surface area contributed by atoms with E-state index in [4.69, 9.17) is 31.2 Å². The van der Waals surface area contributed by atoms with Crippen molar-refractivity contribution in [2.24, 2.45) is 5.92 Å². The van der Waals surface area contributed by atoms with Crippen LogP contribution in [0.4, 0.5) is 19.0 Å². The van der Waals surface area contributed by atoms with Gasteiger partial charge in [-0.25, -0.2) is 4.98 Å². The van der Waals surface area contributed by atoms with E-state index in [1.54, 1.807) is 7.11 Å². The zero-order chi connectivity index (χ0) is 37.4. The number of anilines is 1. The first-order valence-electron chi connectivity index (χ1n) is 17.1. The van der Waals surface area contributed by atoms with Gasteiger partial charge in [0.2, 0.25) is 11.8 Å². The molecule has 4 aromatic rings. The lowest BCUT2D eigenvalue weighted by Gasteiger charge is -2.21. The van der Waals surface area contributed by atoms with Crippen molar-refractivity contribution in [3.05, 3.63) is 87.4 Å². The molecule has 0 fully saturated rings.